The van der Waals surface area contributed by atoms with Crippen LogP contribution in [-0.4, -0.2) is 29.6 Å². The second-order valence-electron chi connectivity index (χ2n) is 5.67. The fourth-order valence-electron chi connectivity index (χ4n) is 3.10. The summed E-state index contributed by atoms with van der Waals surface area (Å²) < 4.78 is 0. The van der Waals surface area contributed by atoms with Crippen molar-refractivity contribution in [3.8, 4) is 0 Å². The predicted octanol–water partition coefficient (Wildman–Crippen LogP) is 1.99. The first kappa shape index (κ1) is 10.4. The van der Waals surface area contributed by atoms with E-state index in [1.807, 2.05) is 0 Å². The van der Waals surface area contributed by atoms with Crippen LogP contribution in [0.25, 0.3) is 0 Å². The lowest BCUT2D eigenvalue weighted by Gasteiger charge is -2.46. The Balaban J connectivity index is 1.93. The molecule has 1 aliphatic carbocycles. The third kappa shape index (κ3) is 2.12. The average molecular weight is 196 g/mol. The molecule has 1 heterocycles. The molecule has 0 radical (unpaired) electrons. The van der Waals surface area contributed by atoms with Crippen molar-refractivity contribution in [2.75, 3.05) is 13.1 Å². The highest BCUT2D eigenvalue weighted by Crippen LogP contribution is 2.40. The number of nitrogens with zero attached hydrogens (tertiary/aromatic N) is 1. The summed E-state index contributed by atoms with van der Waals surface area (Å²) in [5.41, 5.74) is 6.07. The van der Waals surface area contributed by atoms with E-state index in [1.165, 1.54) is 38.6 Å². The Labute approximate surface area is 87.8 Å². The monoisotopic (exact) mass is 196 g/mol. The van der Waals surface area contributed by atoms with Crippen LogP contribution in [0.5, 0.6) is 0 Å². The van der Waals surface area contributed by atoms with Gasteiger partial charge in [0.15, 0.2) is 0 Å². The van der Waals surface area contributed by atoms with Gasteiger partial charge in [0.25, 0.3) is 0 Å². The van der Waals surface area contributed by atoms with Crippen molar-refractivity contribution in [1.29, 1.82) is 0 Å². The summed E-state index contributed by atoms with van der Waals surface area (Å²) in [6.07, 6.45) is 6.82. The van der Waals surface area contributed by atoms with Crippen molar-refractivity contribution in [2.45, 2.75) is 57.5 Å². The van der Waals surface area contributed by atoms with E-state index in [9.17, 15) is 0 Å². The zero-order chi connectivity index (χ0) is 10.2. The Morgan fingerprint density at radius 1 is 1.29 bits per heavy atom. The van der Waals surface area contributed by atoms with E-state index in [1.54, 1.807) is 0 Å². The number of likely N-dealkylation sites (tertiary alicyclic amines) is 1. The van der Waals surface area contributed by atoms with Crippen LogP contribution < -0.4 is 5.73 Å². The summed E-state index contributed by atoms with van der Waals surface area (Å²) in [7, 11) is 0. The number of hydrogen-bond acceptors (Lipinski definition) is 2. The van der Waals surface area contributed by atoms with Crippen LogP contribution in [0.4, 0.5) is 0 Å². The van der Waals surface area contributed by atoms with E-state index < -0.39 is 0 Å². The van der Waals surface area contributed by atoms with Crippen molar-refractivity contribution in [3.63, 3.8) is 0 Å². The number of rotatable bonds is 3. The highest BCUT2D eigenvalue weighted by molar-refractivity contribution is 4.97. The summed E-state index contributed by atoms with van der Waals surface area (Å²) >= 11 is 0. The first-order valence-electron chi connectivity index (χ1n) is 6.10. The van der Waals surface area contributed by atoms with Crippen LogP contribution in [0.2, 0.25) is 0 Å². The first-order valence-corrected chi connectivity index (χ1v) is 6.10. The zero-order valence-corrected chi connectivity index (χ0v) is 9.63. The third-order valence-electron chi connectivity index (χ3n) is 3.91. The fraction of sp³-hybridized carbons (Fsp3) is 1.00. The van der Waals surface area contributed by atoms with Crippen LogP contribution in [0.15, 0.2) is 0 Å². The molecule has 0 aromatic heterocycles. The molecule has 1 unspecified atom stereocenters. The first-order chi connectivity index (χ1) is 6.63. The summed E-state index contributed by atoms with van der Waals surface area (Å²) in [6.45, 7) is 6.99. The van der Waals surface area contributed by atoms with Gasteiger partial charge < -0.3 is 5.73 Å². The number of nitrogens with two attached hydrogens (primary N) is 1. The Hall–Kier alpha value is -0.0800. The van der Waals surface area contributed by atoms with E-state index in [0.717, 1.165) is 18.5 Å². The molecular formula is C12H24N2. The summed E-state index contributed by atoms with van der Waals surface area (Å²) in [6, 6.07) is 0.920. The Morgan fingerprint density at radius 3 is 2.50 bits per heavy atom. The lowest BCUT2D eigenvalue weighted by Crippen LogP contribution is -2.51. The molecule has 14 heavy (non-hydrogen) atoms. The van der Waals surface area contributed by atoms with Gasteiger partial charge in [-0.2, -0.15) is 0 Å². The highest BCUT2D eigenvalue weighted by atomic mass is 15.2. The second-order valence-corrected chi connectivity index (χ2v) is 5.67. The normalized spacial score (nSPS) is 33.2. The van der Waals surface area contributed by atoms with Crippen molar-refractivity contribution >= 4 is 0 Å². The maximum atomic E-state index is 5.64. The van der Waals surface area contributed by atoms with Crippen LogP contribution in [-0.2, 0) is 0 Å². The van der Waals surface area contributed by atoms with Crippen LogP contribution in [0.1, 0.15) is 46.0 Å². The van der Waals surface area contributed by atoms with Crippen molar-refractivity contribution in [2.24, 2.45) is 11.7 Å². The van der Waals surface area contributed by atoms with Crippen LogP contribution in [0.3, 0.4) is 0 Å². The Kier molecular flexibility index (Phi) is 2.85. The highest BCUT2D eigenvalue weighted by Gasteiger charge is 2.41. The van der Waals surface area contributed by atoms with Gasteiger partial charge in [0.05, 0.1) is 0 Å². The molecule has 82 valence electrons. The smallest absolute Gasteiger partial charge is 0.0158 e. The maximum Gasteiger partial charge on any atom is 0.0158 e. The topological polar surface area (TPSA) is 29.3 Å². The molecule has 0 aromatic rings. The van der Waals surface area contributed by atoms with E-state index in [0.29, 0.717) is 5.54 Å². The van der Waals surface area contributed by atoms with Gasteiger partial charge in [0.2, 0.25) is 0 Å². The molecule has 2 rings (SSSR count). The van der Waals surface area contributed by atoms with Crippen molar-refractivity contribution < 1.29 is 0 Å². The summed E-state index contributed by atoms with van der Waals surface area (Å²) in [5.74, 6) is 0.880. The SMILES string of the molecule is CC1(C)CC(CCN)CCN1C1CC1. The van der Waals surface area contributed by atoms with Crippen molar-refractivity contribution in [3.05, 3.63) is 0 Å². The quantitative estimate of drug-likeness (QED) is 0.748. The molecule has 1 atom stereocenters. The minimum Gasteiger partial charge on any atom is -0.330 e. The summed E-state index contributed by atoms with van der Waals surface area (Å²) in [4.78, 5) is 2.74. The van der Waals surface area contributed by atoms with E-state index >= 15 is 0 Å². The van der Waals surface area contributed by atoms with E-state index in [2.05, 4.69) is 18.7 Å². The molecule has 2 fully saturated rings. The van der Waals surface area contributed by atoms with Gasteiger partial charge >= 0.3 is 0 Å². The maximum absolute atomic E-state index is 5.64. The van der Waals surface area contributed by atoms with E-state index in [-0.39, 0.29) is 0 Å². The molecular weight excluding hydrogens is 172 g/mol. The summed E-state index contributed by atoms with van der Waals surface area (Å²) in [5, 5.41) is 0. The molecule has 0 spiro atoms. The second kappa shape index (κ2) is 3.82. The molecule has 2 nitrogen and oxygen atoms in total. The van der Waals surface area contributed by atoms with Gasteiger partial charge in [-0.3, -0.25) is 4.90 Å². The van der Waals surface area contributed by atoms with Gasteiger partial charge in [-0.25, -0.2) is 0 Å². The van der Waals surface area contributed by atoms with Gasteiger partial charge in [-0.05, 0) is 65.0 Å². The molecule has 2 heteroatoms. The molecule has 2 aliphatic rings. The molecule has 1 saturated heterocycles. The lowest BCUT2D eigenvalue weighted by molar-refractivity contribution is 0.0376. The van der Waals surface area contributed by atoms with Crippen LogP contribution in [0, 0.1) is 5.92 Å². The Morgan fingerprint density at radius 2 is 2.00 bits per heavy atom. The standard InChI is InChI=1S/C12H24N2/c1-12(2)9-10(5-7-13)6-8-14(12)11-3-4-11/h10-11H,3-9,13H2,1-2H3. The van der Waals surface area contributed by atoms with Gasteiger partial charge in [0, 0.05) is 11.6 Å². The van der Waals surface area contributed by atoms with Gasteiger partial charge in [0.1, 0.15) is 0 Å². The predicted molar refractivity (Wildman–Crippen MR) is 60.2 cm³/mol. The minimum absolute atomic E-state index is 0.430. The van der Waals surface area contributed by atoms with Crippen molar-refractivity contribution in [1.82, 2.24) is 4.90 Å². The molecule has 2 N–H and O–H groups in total. The minimum atomic E-state index is 0.430. The van der Waals surface area contributed by atoms with Crippen LogP contribution >= 0.6 is 0 Å². The lowest BCUT2D eigenvalue weighted by atomic mass is 9.81. The average Bonchev–Trinajstić information content (AvgIpc) is 2.86. The molecule has 0 bridgehead atoms. The fourth-order valence-corrected chi connectivity index (χ4v) is 3.10. The molecule has 1 saturated carbocycles. The molecule has 0 aromatic carbocycles. The van der Waals surface area contributed by atoms with Gasteiger partial charge in [-0.15, -0.1) is 0 Å². The zero-order valence-electron chi connectivity index (χ0n) is 9.63. The molecule has 0 amide bonds. The van der Waals surface area contributed by atoms with Gasteiger partial charge in [-0.1, -0.05) is 0 Å². The van der Waals surface area contributed by atoms with E-state index in [4.69, 9.17) is 5.73 Å². The number of hydrogen-bond donors (Lipinski definition) is 1. The molecule has 1 aliphatic heterocycles. The number of piperidine rings is 1. The third-order valence-corrected chi connectivity index (χ3v) is 3.91. The largest absolute Gasteiger partial charge is 0.330 e. The Bertz CT molecular complexity index is 196.